The number of nitrogens with zero attached hydrogens (tertiary/aromatic N) is 6. The Morgan fingerprint density at radius 3 is 2.34 bits per heavy atom. The van der Waals surface area contributed by atoms with Crippen LogP contribution in [0.3, 0.4) is 0 Å². The Morgan fingerprint density at radius 1 is 1.00 bits per heavy atom. The maximum Gasteiger partial charge on any atom is 0.338 e. The number of fused-ring (bicyclic) bond motifs is 1. The number of thiophene rings is 1. The average Bonchev–Trinajstić information content (AvgIpc) is 3.62. The van der Waals surface area contributed by atoms with Gasteiger partial charge in [0.05, 0.1) is 28.7 Å². The Labute approximate surface area is 233 Å². The van der Waals surface area contributed by atoms with E-state index < -0.39 is 34.4 Å². The highest BCUT2D eigenvalue weighted by Crippen LogP contribution is 2.37. The van der Waals surface area contributed by atoms with Crippen LogP contribution in [0.5, 0.6) is 0 Å². The zero-order valence-corrected chi connectivity index (χ0v) is 22.0. The number of aryl methyl sites for hydroxylation is 1. The Balaban J connectivity index is 1.60. The summed E-state index contributed by atoms with van der Waals surface area (Å²) in [5, 5.41) is 15.4. The van der Waals surface area contributed by atoms with Crippen molar-refractivity contribution in [2.75, 3.05) is 0 Å². The molecule has 0 fully saturated rings. The van der Waals surface area contributed by atoms with E-state index in [1.54, 1.807) is 48.3 Å². The molecule has 0 bridgehead atoms. The smallest absolute Gasteiger partial charge is 0.279 e. The SMILES string of the molecule is Cc1c(-c2ccc([N+](=O)[O-])cc2)sc2c1c(=O)n(-c1ccc(-n3cccn3)cn1)c(=O)n2Cc1c(F)cccc1F. The van der Waals surface area contributed by atoms with Crippen LogP contribution in [0, 0.1) is 28.7 Å². The summed E-state index contributed by atoms with van der Waals surface area (Å²) in [7, 11) is 0. The minimum Gasteiger partial charge on any atom is -0.279 e. The third-order valence-corrected chi connectivity index (χ3v) is 8.02. The number of aromatic nitrogens is 5. The van der Waals surface area contributed by atoms with Crippen LogP contribution in [0.1, 0.15) is 11.1 Å². The van der Waals surface area contributed by atoms with Gasteiger partial charge in [-0.2, -0.15) is 5.10 Å². The Morgan fingerprint density at radius 2 is 1.73 bits per heavy atom. The molecular weight excluding hydrogens is 554 g/mol. The van der Waals surface area contributed by atoms with E-state index in [9.17, 15) is 28.5 Å². The van der Waals surface area contributed by atoms with Crippen LogP contribution in [0.4, 0.5) is 14.5 Å². The van der Waals surface area contributed by atoms with Crippen LogP contribution in [-0.2, 0) is 6.54 Å². The lowest BCUT2D eigenvalue weighted by atomic mass is 10.1. The molecule has 0 aliphatic rings. The van der Waals surface area contributed by atoms with Gasteiger partial charge in [0.1, 0.15) is 22.3 Å². The van der Waals surface area contributed by atoms with Crippen molar-refractivity contribution in [1.29, 1.82) is 0 Å². The second kappa shape index (κ2) is 10.0. The highest BCUT2D eigenvalue weighted by molar-refractivity contribution is 7.22. The quantitative estimate of drug-likeness (QED) is 0.205. The summed E-state index contributed by atoms with van der Waals surface area (Å²) in [4.78, 5) is 43.5. The molecule has 2 aromatic carbocycles. The topological polar surface area (TPSA) is 118 Å². The lowest BCUT2D eigenvalue weighted by Gasteiger charge is -2.13. The van der Waals surface area contributed by atoms with E-state index in [0.29, 0.717) is 21.7 Å². The summed E-state index contributed by atoms with van der Waals surface area (Å²) in [6, 6.07) is 14.0. The maximum absolute atomic E-state index is 14.7. The highest BCUT2D eigenvalue weighted by atomic mass is 32.1. The number of benzene rings is 2. The molecule has 0 amide bonds. The predicted molar refractivity (Wildman–Crippen MR) is 149 cm³/mol. The molecule has 0 atom stereocenters. The zero-order valence-electron chi connectivity index (χ0n) is 21.2. The first kappa shape index (κ1) is 26.0. The first-order valence-corrected chi connectivity index (χ1v) is 13.0. The van der Waals surface area contributed by atoms with Gasteiger partial charge in [-0.1, -0.05) is 6.07 Å². The lowest BCUT2D eigenvalue weighted by Crippen LogP contribution is -2.39. The Hall–Kier alpha value is -5.30. The predicted octanol–water partition coefficient (Wildman–Crippen LogP) is 5.00. The summed E-state index contributed by atoms with van der Waals surface area (Å²) in [6.45, 7) is 1.20. The monoisotopic (exact) mass is 572 g/mol. The maximum atomic E-state index is 14.7. The van der Waals surface area contributed by atoms with Crippen molar-refractivity contribution in [2.24, 2.45) is 0 Å². The Bertz CT molecular complexity index is 2050. The van der Waals surface area contributed by atoms with Crippen LogP contribution in [0.15, 0.2) is 88.8 Å². The molecule has 0 unspecified atom stereocenters. The molecule has 0 spiro atoms. The fraction of sp³-hybridized carbons (Fsp3) is 0.0714. The Kier molecular flexibility index (Phi) is 6.34. The van der Waals surface area contributed by atoms with Gasteiger partial charge in [0, 0.05) is 35.0 Å². The van der Waals surface area contributed by atoms with Crippen molar-refractivity contribution >= 4 is 27.2 Å². The number of nitro groups is 1. The first-order valence-electron chi connectivity index (χ1n) is 12.2. The molecule has 4 heterocycles. The van der Waals surface area contributed by atoms with Crippen LogP contribution < -0.4 is 11.2 Å². The molecule has 0 N–H and O–H groups in total. The van der Waals surface area contributed by atoms with Crippen molar-refractivity contribution in [3.05, 3.63) is 133 Å². The molecular formula is C28H18F2N6O4S. The molecule has 0 saturated heterocycles. The minimum atomic E-state index is -0.839. The van der Waals surface area contributed by atoms with Crippen LogP contribution >= 0.6 is 11.3 Å². The van der Waals surface area contributed by atoms with E-state index >= 15 is 0 Å². The number of non-ortho nitro benzene ring substituents is 1. The van der Waals surface area contributed by atoms with E-state index in [4.69, 9.17) is 0 Å². The number of halogens is 2. The van der Waals surface area contributed by atoms with Crippen LogP contribution in [0.2, 0.25) is 0 Å². The van der Waals surface area contributed by atoms with E-state index in [1.165, 1.54) is 30.5 Å². The van der Waals surface area contributed by atoms with Gasteiger partial charge in [-0.3, -0.25) is 19.5 Å². The van der Waals surface area contributed by atoms with Gasteiger partial charge in [0.25, 0.3) is 11.2 Å². The molecule has 10 nitrogen and oxygen atoms in total. The average molecular weight is 573 g/mol. The van der Waals surface area contributed by atoms with Gasteiger partial charge < -0.3 is 0 Å². The number of rotatable bonds is 6. The van der Waals surface area contributed by atoms with Crippen LogP contribution in [-0.4, -0.2) is 28.8 Å². The van der Waals surface area contributed by atoms with Crippen molar-refractivity contribution in [1.82, 2.24) is 23.9 Å². The summed E-state index contributed by atoms with van der Waals surface area (Å²) < 4.78 is 33.0. The molecule has 0 aliphatic heterocycles. The lowest BCUT2D eigenvalue weighted by molar-refractivity contribution is -0.384. The second-order valence-corrected chi connectivity index (χ2v) is 10.1. The standard InChI is InChI=1S/C28H18F2N6O4S/c1-16-24-26(37)35(23-11-10-19(14-31-23)34-13-3-12-32-34)28(38)33(15-20-21(29)4-2-5-22(20)30)27(24)41-25(16)17-6-8-18(9-7-17)36(39)40/h2-14H,15H2,1H3. The normalized spacial score (nSPS) is 11.3. The molecule has 0 aliphatic carbocycles. The number of pyridine rings is 1. The van der Waals surface area contributed by atoms with Gasteiger partial charge in [-0.15, -0.1) is 11.3 Å². The molecule has 6 rings (SSSR count). The van der Waals surface area contributed by atoms with E-state index in [0.717, 1.165) is 32.6 Å². The van der Waals surface area contributed by atoms with Crippen LogP contribution in [0.25, 0.3) is 32.2 Å². The van der Waals surface area contributed by atoms with Crippen molar-refractivity contribution < 1.29 is 13.7 Å². The van der Waals surface area contributed by atoms with Gasteiger partial charge in [-0.25, -0.2) is 27.8 Å². The van der Waals surface area contributed by atoms with Gasteiger partial charge in [-0.05, 0) is 60.5 Å². The molecule has 6 aromatic rings. The number of nitro benzene ring substituents is 1. The molecule has 204 valence electrons. The fourth-order valence-corrected chi connectivity index (χ4v) is 5.90. The summed E-state index contributed by atoms with van der Waals surface area (Å²) in [6.07, 6.45) is 4.75. The molecule has 13 heteroatoms. The molecule has 0 radical (unpaired) electrons. The van der Waals surface area contributed by atoms with E-state index in [2.05, 4.69) is 10.1 Å². The molecule has 4 aromatic heterocycles. The number of hydrogen-bond acceptors (Lipinski definition) is 7. The highest BCUT2D eigenvalue weighted by Gasteiger charge is 2.24. The summed E-state index contributed by atoms with van der Waals surface area (Å²) >= 11 is 1.08. The van der Waals surface area contributed by atoms with Crippen molar-refractivity contribution in [2.45, 2.75) is 13.5 Å². The second-order valence-electron chi connectivity index (χ2n) is 9.08. The van der Waals surface area contributed by atoms with Gasteiger partial charge in [0.2, 0.25) is 0 Å². The molecule has 0 saturated carbocycles. The van der Waals surface area contributed by atoms with E-state index in [-0.39, 0.29) is 27.3 Å². The van der Waals surface area contributed by atoms with Crippen molar-refractivity contribution in [3.63, 3.8) is 0 Å². The third kappa shape index (κ3) is 4.41. The largest absolute Gasteiger partial charge is 0.338 e. The zero-order chi connectivity index (χ0) is 28.8. The van der Waals surface area contributed by atoms with E-state index in [1.807, 2.05) is 0 Å². The number of hydrogen-bond donors (Lipinski definition) is 0. The molecule has 41 heavy (non-hydrogen) atoms. The van der Waals surface area contributed by atoms with Gasteiger partial charge in [0.15, 0.2) is 0 Å². The summed E-state index contributed by atoms with van der Waals surface area (Å²) in [5.74, 6) is -1.66. The van der Waals surface area contributed by atoms with Gasteiger partial charge >= 0.3 is 5.69 Å². The third-order valence-electron chi connectivity index (χ3n) is 6.66. The minimum absolute atomic E-state index is 0.0167. The fourth-order valence-electron chi connectivity index (χ4n) is 4.61. The summed E-state index contributed by atoms with van der Waals surface area (Å²) in [5.41, 5.74) is -0.254. The first-order chi connectivity index (χ1) is 19.7. The van der Waals surface area contributed by atoms with Crippen molar-refractivity contribution in [3.8, 4) is 21.9 Å².